The van der Waals surface area contributed by atoms with Crippen molar-refractivity contribution in [3.63, 3.8) is 0 Å². The standard InChI is InChI=1S/C14H14BrNOS/c1-8-2-3-12-10(4-8)11(16)6-13(17-12)14-5-9(15)7-18-14/h2-5,7,11,13H,6,16H2,1H3/t11-,13?/m1/s1. The van der Waals surface area contributed by atoms with Gasteiger partial charge in [-0.2, -0.15) is 0 Å². The van der Waals surface area contributed by atoms with Gasteiger partial charge in [-0.25, -0.2) is 0 Å². The molecule has 18 heavy (non-hydrogen) atoms. The Hall–Kier alpha value is -0.840. The van der Waals surface area contributed by atoms with Gasteiger partial charge in [0.25, 0.3) is 0 Å². The van der Waals surface area contributed by atoms with E-state index < -0.39 is 0 Å². The second kappa shape index (κ2) is 4.68. The molecule has 2 nitrogen and oxygen atoms in total. The first-order valence-electron chi connectivity index (χ1n) is 5.90. The summed E-state index contributed by atoms with van der Waals surface area (Å²) in [7, 11) is 0. The fourth-order valence-corrected chi connectivity index (χ4v) is 3.78. The monoisotopic (exact) mass is 323 g/mol. The van der Waals surface area contributed by atoms with Crippen molar-refractivity contribution < 1.29 is 4.74 Å². The van der Waals surface area contributed by atoms with Crippen LogP contribution >= 0.6 is 27.3 Å². The molecule has 2 N–H and O–H groups in total. The number of benzene rings is 1. The van der Waals surface area contributed by atoms with Gasteiger partial charge >= 0.3 is 0 Å². The Morgan fingerprint density at radius 1 is 1.39 bits per heavy atom. The maximum Gasteiger partial charge on any atom is 0.135 e. The third kappa shape index (κ3) is 2.20. The molecule has 1 aliphatic rings. The number of thiophene rings is 1. The lowest BCUT2D eigenvalue weighted by Gasteiger charge is -2.30. The van der Waals surface area contributed by atoms with Gasteiger partial charge in [0.05, 0.1) is 0 Å². The molecule has 0 bridgehead atoms. The molecule has 0 aliphatic carbocycles. The maximum absolute atomic E-state index is 6.26. The van der Waals surface area contributed by atoms with Crippen molar-refractivity contribution in [1.29, 1.82) is 0 Å². The minimum atomic E-state index is 0.0551. The van der Waals surface area contributed by atoms with Crippen LogP contribution in [0.15, 0.2) is 34.1 Å². The number of halogens is 1. The second-order valence-electron chi connectivity index (χ2n) is 4.66. The van der Waals surface area contributed by atoms with E-state index in [2.05, 4.69) is 46.4 Å². The first-order valence-corrected chi connectivity index (χ1v) is 7.57. The van der Waals surface area contributed by atoms with Crippen LogP contribution in [0.5, 0.6) is 5.75 Å². The molecule has 0 saturated carbocycles. The van der Waals surface area contributed by atoms with Gasteiger partial charge in [0, 0.05) is 32.8 Å². The van der Waals surface area contributed by atoms with Crippen molar-refractivity contribution >= 4 is 27.3 Å². The maximum atomic E-state index is 6.26. The van der Waals surface area contributed by atoms with Crippen molar-refractivity contribution in [3.8, 4) is 5.75 Å². The van der Waals surface area contributed by atoms with Gasteiger partial charge in [0.15, 0.2) is 0 Å². The molecular weight excluding hydrogens is 310 g/mol. The molecule has 0 amide bonds. The van der Waals surface area contributed by atoms with Gasteiger partial charge in [0.1, 0.15) is 11.9 Å². The van der Waals surface area contributed by atoms with Crippen LogP contribution in [-0.4, -0.2) is 0 Å². The highest BCUT2D eigenvalue weighted by Crippen LogP contribution is 2.41. The Labute approximate surface area is 119 Å². The van der Waals surface area contributed by atoms with Crippen LogP contribution in [0.25, 0.3) is 0 Å². The molecule has 0 spiro atoms. The summed E-state index contributed by atoms with van der Waals surface area (Å²) >= 11 is 5.19. The first kappa shape index (κ1) is 12.2. The van der Waals surface area contributed by atoms with Gasteiger partial charge in [-0.3, -0.25) is 0 Å². The zero-order valence-corrected chi connectivity index (χ0v) is 12.4. The molecule has 2 heterocycles. The summed E-state index contributed by atoms with van der Waals surface area (Å²) in [5.41, 5.74) is 8.62. The Kier molecular flexibility index (Phi) is 3.18. The van der Waals surface area contributed by atoms with E-state index in [1.54, 1.807) is 11.3 Å². The van der Waals surface area contributed by atoms with Gasteiger partial charge in [-0.05, 0) is 35.0 Å². The highest BCUT2D eigenvalue weighted by Gasteiger charge is 2.27. The van der Waals surface area contributed by atoms with Crippen LogP contribution in [0.1, 0.15) is 34.6 Å². The Bertz CT molecular complexity index is 581. The molecule has 1 aliphatic heterocycles. The Morgan fingerprint density at radius 2 is 2.22 bits per heavy atom. The molecule has 3 rings (SSSR count). The zero-order valence-electron chi connectivity index (χ0n) is 10.0. The summed E-state index contributed by atoms with van der Waals surface area (Å²) in [6, 6.07) is 8.39. The predicted octanol–water partition coefficient (Wildman–Crippen LogP) is 4.34. The van der Waals surface area contributed by atoms with E-state index in [1.165, 1.54) is 10.4 Å². The van der Waals surface area contributed by atoms with E-state index in [9.17, 15) is 0 Å². The molecule has 0 fully saturated rings. The summed E-state index contributed by atoms with van der Waals surface area (Å²) in [4.78, 5) is 1.23. The Morgan fingerprint density at radius 3 is 2.94 bits per heavy atom. The van der Waals surface area contributed by atoms with Gasteiger partial charge < -0.3 is 10.5 Å². The van der Waals surface area contributed by atoms with Crippen LogP contribution < -0.4 is 10.5 Å². The highest BCUT2D eigenvalue weighted by molar-refractivity contribution is 9.10. The third-order valence-corrected chi connectivity index (χ3v) is 4.99. The lowest BCUT2D eigenvalue weighted by Crippen LogP contribution is -2.23. The largest absolute Gasteiger partial charge is 0.484 e. The van der Waals surface area contributed by atoms with E-state index >= 15 is 0 Å². The molecule has 1 aromatic carbocycles. The quantitative estimate of drug-likeness (QED) is 0.847. The topological polar surface area (TPSA) is 35.2 Å². The molecular formula is C14H14BrNOS. The lowest BCUT2D eigenvalue weighted by atomic mass is 9.95. The number of nitrogens with two attached hydrogens (primary N) is 1. The summed E-state index contributed by atoms with van der Waals surface area (Å²) in [6.07, 6.45) is 0.912. The number of rotatable bonds is 1. The van der Waals surface area contributed by atoms with Crippen molar-refractivity contribution in [2.24, 2.45) is 5.73 Å². The number of aryl methyl sites for hydroxylation is 1. The summed E-state index contributed by atoms with van der Waals surface area (Å²) in [6.45, 7) is 2.08. The van der Waals surface area contributed by atoms with Crippen molar-refractivity contribution in [2.75, 3.05) is 0 Å². The zero-order chi connectivity index (χ0) is 12.7. The Balaban J connectivity index is 1.94. The molecule has 2 atom stereocenters. The molecule has 0 radical (unpaired) electrons. The molecule has 1 aromatic heterocycles. The summed E-state index contributed by atoms with van der Waals surface area (Å²) in [5, 5.41) is 2.08. The fraction of sp³-hybridized carbons (Fsp3) is 0.286. The van der Waals surface area contributed by atoms with E-state index in [4.69, 9.17) is 10.5 Å². The fourth-order valence-electron chi connectivity index (χ4n) is 2.30. The van der Waals surface area contributed by atoms with E-state index in [0.717, 1.165) is 22.2 Å². The van der Waals surface area contributed by atoms with Crippen LogP contribution in [0.3, 0.4) is 0 Å². The summed E-state index contributed by atoms with van der Waals surface area (Å²) in [5.74, 6) is 0.925. The van der Waals surface area contributed by atoms with Gasteiger partial charge in [-0.1, -0.05) is 17.7 Å². The second-order valence-corrected chi connectivity index (χ2v) is 6.52. The van der Waals surface area contributed by atoms with E-state index in [1.807, 2.05) is 6.07 Å². The predicted molar refractivity (Wildman–Crippen MR) is 78.1 cm³/mol. The molecule has 1 unspecified atom stereocenters. The normalized spacial score (nSPS) is 22.4. The van der Waals surface area contributed by atoms with E-state index in [0.29, 0.717) is 0 Å². The number of hydrogen-bond acceptors (Lipinski definition) is 3. The average molecular weight is 324 g/mol. The highest BCUT2D eigenvalue weighted by atomic mass is 79.9. The lowest BCUT2D eigenvalue weighted by molar-refractivity contribution is 0.165. The smallest absolute Gasteiger partial charge is 0.135 e. The van der Waals surface area contributed by atoms with Crippen molar-refractivity contribution in [3.05, 3.63) is 50.1 Å². The third-order valence-electron chi connectivity index (χ3n) is 3.21. The van der Waals surface area contributed by atoms with Crippen LogP contribution in [0, 0.1) is 6.92 Å². The van der Waals surface area contributed by atoms with Gasteiger partial charge in [-0.15, -0.1) is 11.3 Å². The first-order chi connectivity index (χ1) is 8.63. The minimum absolute atomic E-state index is 0.0551. The van der Waals surface area contributed by atoms with Crippen LogP contribution in [0.4, 0.5) is 0 Å². The minimum Gasteiger partial charge on any atom is -0.484 e. The van der Waals surface area contributed by atoms with E-state index in [-0.39, 0.29) is 12.1 Å². The SMILES string of the molecule is Cc1ccc2c(c1)[C@H](N)CC(c1cc(Br)cs1)O2. The van der Waals surface area contributed by atoms with Crippen molar-refractivity contribution in [2.45, 2.75) is 25.5 Å². The average Bonchev–Trinajstić information content (AvgIpc) is 2.77. The number of ether oxygens (including phenoxy) is 1. The molecule has 94 valence electrons. The molecule has 2 aromatic rings. The molecule has 4 heteroatoms. The number of fused-ring (bicyclic) bond motifs is 1. The molecule has 0 saturated heterocycles. The van der Waals surface area contributed by atoms with Crippen molar-refractivity contribution in [1.82, 2.24) is 0 Å². The van der Waals surface area contributed by atoms with Crippen LogP contribution in [-0.2, 0) is 0 Å². The summed E-state index contributed by atoms with van der Waals surface area (Å²) < 4.78 is 7.17. The number of hydrogen-bond donors (Lipinski definition) is 1. The van der Waals surface area contributed by atoms with Gasteiger partial charge in [0.2, 0.25) is 0 Å². The van der Waals surface area contributed by atoms with Crippen LogP contribution in [0.2, 0.25) is 0 Å².